The fraction of sp³-hybridized carbons (Fsp3) is 0.500. The quantitative estimate of drug-likeness (QED) is 0.576. The van der Waals surface area contributed by atoms with Gasteiger partial charge in [0.25, 0.3) is 5.91 Å². The lowest BCUT2D eigenvalue weighted by Gasteiger charge is -2.10. The van der Waals surface area contributed by atoms with Crippen LogP contribution in [0.1, 0.15) is 13.8 Å². The lowest BCUT2D eigenvalue weighted by Crippen LogP contribution is -2.33. The molecule has 0 spiro atoms. The van der Waals surface area contributed by atoms with Gasteiger partial charge in [-0.1, -0.05) is 37.8 Å². The second kappa shape index (κ2) is 6.02. The third-order valence-electron chi connectivity index (χ3n) is 1.93. The number of rotatable bonds is 5. The number of nitrogens with zero attached hydrogens (tertiary/aromatic N) is 1. The van der Waals surface area contributed by atoms with Crippen LogP contribution in [0.4, 0.5) is 0 Å². The predicted octanol–water partition coefficient (Wildman–Crippen LogP) is 1.02. The van der Waals surface area contributed by atoms with Crippen molar-refractivity contribution in [1.82, 2.24) is 10.2 Å². The summed E-state index contributed by atoms with van der Waals surface area (Å²) in [5.41, 5.74) is 0. The second-order valence-corrected chi connectivity index (χ2v) is 5.64. The summed E-state index contributed by atoms with van der Waals surface area (Å²) in [5.74, 6) is -0.952. The molecule has 0 aromatic heterocycles. The Balaban J connectivity index is 2.64. The summed E-state index contributed by atoms with van der Waals surface area (Å²) < 4.78 is 0.287. The standard InChI is InChI=1S/C10H14N2O3S2/c1-6(2)3-11-4-7-9(15)12(5-8(13)14)10(16)17-7/h4,6,11H,3,5H2,1-2H3,(H,13,14). The number of carbonyl (C=O) groups is 2. The molecular weight excluding hydrogens is 260 g/mol. The van der Waals surface area contributed by atoms with E-state index in [1.54, 1.807) is 6.20 Å². The van der Waals surface area contributed by atoms with E-state index in [-0.39, 0.29) is 16.8 Å². The topological polar surface area (TPSA) is 69.6 Å². The Morgan fingerprint density at radius 3 is 2.82 bits per heavy atom. The molecule has 0 aromatic carbocycles. The molecule has 1 saturated heterocycles. The molecule has 0 aliphatic carbocycles. The number of hydrogen-bond donors (Lipinski definition) is 2. The molecule has 0 aromatic rings. The molecule has 1 fully saturated rings. The van der Waals surface area contributed by atoms with Crippen LogP contribution >= 0.6 is 24.0 Å². The third kappa shape index (κ3) is 4.01. The van der Waals surface area contributed by atoms with Crippen molar-refractivity contribution in [2.45, 2.75) is 13.8 Å². The van der Waals surface area contributed by atoms with Crippen molar-refractivity contribution < 1.29 is 14.7 Å². The summed E-state index contributed by atoms with van der Waals surface area (Å²) in [7, 11) is 0. The van der Waals surface area contributed by atoms with E-state index in [1.165, 1.54) is 0 Å². The van der Waals surface area contributed by atoms with Gasteiger partial charge in [0, 0.05) is 12.7 Å². The Kier molecular flexibility index (Phi) is 4.95. The van der Waals surface area contributed by atoms with E-state index in [0.717, 1.165) is 23.2 Å². The van der Waals surface area contributed by atoms with E-state index < -0.39 is 5.97 Å². The van der Waals surface area contributed by atoms with E-state index in [4.69, 9.17) is 17.3 Å². The van der Waals surface area contributed by atoms with Crippen LogP contribution in [0.5, 0.6) is 0 Å². The van der Waals surface area contributed by atoms with Crippen LogP contribution in [-0.4, -0.2) is 39.3 Å². The van der Waals surface area contributed by atoms with Crippen molar-refractivity contribution in [1.29, 1.82) is 0 Å². The number of hydrogen-bond acceptors (Lipinski definition) is 5. The Labute approximate surface area is 109 Å². The van der Waals surface area contributed by atoms with Crippen molar-refractivity contribution in [3.05, 3.63) is 11.1 Å². The normalized spacial score (nSPS) is 18.3. The lowest BCUT2D eigenvalue weighted by molar-refractivity contribution is -0.140. The maximum atomic E-state index is 11.8. The molecule has 1 aliphatic heterocycles. The fourth-order valence-corrected chi connectivity index (χ4v) is 2.36. The van der Waals surface area contributed by atoms with Gasteiger partial charge in [0.2, 0.25) is 0 Å². The van der Waals surface area contributed by atoms with Gasteiger partial charge < -0.3 is 10.4 Å². The van der Waals surface area contributed by atoms with Crippen LogP contribution in [0.3, 0.4) is 0 Å². The third-order valence-corrected chi connectivity index (χ3v) is 3.30. The van der Waals surface area contributed by atoms with Crippen LogP contribution in [-0.2, 0) is 9.59 Å². The minimum atomic E-state index is -1.07. The van der Waals surface area contributed by atoms with Crippen LogP contribution in [0.15, 0.2) is 11.1 Å². The van der Waals surface area contributed by atoms with E-state index >= 15 is 0 Å². The molecule has 94 valence electrons. The van der Waals surface area contributed by atoms with Gasteiger partial charge in [-0.25, -0.2) is 0 Å². The van der Waals surface area contributed by atoms with E-state index in [0.29, 0.717) is 10.8 Å². The van der Waals surface area contributed by atoms with E-state index in [1.807, 2.05) is 0 Å². The van der Waals surface area contributed by atoms with E-state index in [9.17, 15) is 9.59 Å². The molecule has 0 radical (unpaired) electrons. The highest BCUT2D eigenvalue weighted by Gasteiger charge is 2.33. The molecule has 2 N–H and O–H groups in total. The minimum absolute atomic E-state index is 0.287. The summed E-state index contributed by atoms with van der Waals surface area (Å²) in [4.78, 5) is 23.9. The number of aliphatic carboxylic acids is 1. The number of carbonyl (C=O) groups excluding carboxylic acids is 1. The maximum absolute atomic E-state index is 11.8. The summed E-state index contributed by atoms with van der Waals surface area (Å²) in [6.45, 7) is 4.47. The van der Waals surface area contributed by atoms with Gasteiger partial charge in [0.05, 0.1) is 4.91 Å². The highest BCUT2D eigenvalue weighted by Crippen LogP contribution is 2.29. The monoisotopic (exact) mass is 274 g/mol. The minimum Gasteiger partial charge on any atom is -0.480 e. The molecule has 7 heteroatoms. The number of nitrogens with one attached hydrogen (secondary N) is 1. The summed E-state index contributed by atoms with van der Waals surface area (Å²) >= 11 is 6.07. The highest BCUT2D eigenvalue weighted by atomic mass is 32.2. The first-order valence-electron chi connectivity index (χ1n) is 5.11. The van der Waals surface area contributed by atoms with Gasteiger partial charge in [0.15, 0.2) is 0 Å². The first-order valence-corrected chi connectivity index (χ1v) is 6.33. The molecule has 0 atom stereocenters. The Morgan fingerprint density at radius 2 is 2.29 bits per heavy atom. The highest BCUT2D eigenvalue weighted by molar-refractivity contribution is 8.26. The van der Waals surface area contributed by atoms with Gasteiger partial charge in [-0.2, -0.15) is 0 Å². The van der Waals surface area contributed by atoms with Gasteiger partial charge >= 0.3 is 5.97 Å². The molecule has 0 unspecified atom stereocenters. The molecule has 17 heavy (non-hydrogen) atoms. The van der Waals surface area contributed by atoms with Crippen molar-refractivity contribution in [2.24, 2.45) is 5.92 Å². The zero-order valence-electron chi connectivity index (χ0n) is 9.60. The summed E-state index contributed by atoms with van der Waals surface area (Å²) in [5, 5.41) is 11.7. The molecular formula is C10H14N2O3S2. The lowest BCUT2D eigenvalue weighted by atomic mass is 10.2. The van der Waals surface area contributed by atoms with Crippen molar-refractivity contribution >= 4 is 40.2 Å². The predicted molar refractivity (Wildman–Crippen MR) is 70.5 cm³/mol. The molecule has 1 amide bonds. The van der Waals surface area contributed by atoms with Crippen molar-refractivity contribution in [3.63, 3.8) is 0 Å². The fourth-order valence-electron chi connectivity index (χ4n) is 1.16. The molecule has 5 nitrogen and oxygen atoms in total. The van der Waals surface area contributed by atoms with Crippen LogP contribution in [0.25, 0.3) is 0 Å². The Bertz CT molecular complexity index is 380. The number of thioether (sulfide) groups is 1. The first kappa shape index (κ1) is 14.0. The molecule has 1 aliphatic rings. The SMILES string of the molecule is CC(C)CNC=C1SC(=S)N(CC(=O)O)C1=O. The average molecular weight is 274 g/mol. The van der Waals surface area contributed by atoms with Gasteiger partial charge in [-0.3, -0.25) is 14.5 Å². The van der Waals surface area contributed by atoms with Crippen LogP contribution in [0.2, 0.25) is 0 Å². The second-order valence-electron chi connectivity index (χ2n) is 3.96. The van der Waals surface area contributed by atoms with Crippen molar-refractivity contribution in [3.8, 4) is 0 Å². The first-order chi connectivity index (χ1) is 7.91. The largest absolute Gasteiger partial charge is 0.480 e. The van der Waals surface area contributed by atoms with Crippen LogP contribution < -0.4 is 5.32 Å². The summed E-state index contributed by atoms with van der Waals surface area (Å²) in [6, 6.07) is 0. The zero-order chi connectivity index (χ0) is 13.0. The molecule has 0 saturated carbocycles. The van der Waals surface area contributed by atoms with E-state index in [2.05, 4.69) is 19.2 Å². The van der Waals surface area contributed by atoms with Crippen molar-refractivity contribution in [2.75, 3.05) is 13.1 Å². The smallest absolute Gasteiger partial charge is 0.323 e. The van der Waals surface area contributed by atoms with Crippen LogP contribution in [0, 0.1) is 5.92 Å². The van der Waals surface area contributed by atoms with Gasteiger partial charge in [-0.15, -0.1) is 0 Å². The van der Waals surface area contributed by atoms with Gasteiger partial charge in [-0.05, 0) is 5.92 Å². The molecule has 1 heterocycles. The summed E-state index contributed by atoms with van der Waals surface area (Å²) in [6.07, 6.45) is 1.60. The zero-order valence-corrected chi connectivity index (χ0v) is 11.2. The molecule has 0 bridgehead atoms. The Hall–Kier alpha value is -1.08. The maximum Gasteiger partial charge on any atom is 0.323 e. The number of carboxylic acids is 1. The Morgan fingerprint density at radius 1 is 1.65 bits per heavy atom. The van der Waals surface area contributed by atoms with Gasteiger partial charge in [0.1, 0.15) is 10.9 Å². The average Bonchev–Trinajstić information content (AvgIpc) is 2.45. The number of amides is 1. The number of thiocarbonyl (C=S) groups is 1. The number of carboxylic acid groups (broad SMARTS) is 1. The molecule has 1 rings (SSSR count).